The number of nitrogens with one attached hydrogen (secondary N) is 2. The van der Waals surface area contributed by atoms with Gasteiger partial charge >= 0.3 is 0 Å². The van der Waals surface area contributed by atoms with Crippen molar-refractivity contribution in [3.8, 4) is 0 Å². The molecule has 0 aliphatic carbocycles. The molecule has 0 saturated heterocycles. The summed E-state index contributed by atoms with van der Waals surface area (Å²) >= 11 is 9.05. The van der Waals surface area contributed by atoms with Gasteiger partial charge in [-0.25, -0.2) is 4.39 Å². The molecule has 0 aliphatic rings. The van der Waals surface area contributed by atoms with Crippen LogP contribution in [0.2, 0.25) is 0 Å². The molecule has 0 aliphatic heterocycles. The standard InChI is InChI=1S/C24H24BrFN6S/c1-15-4-6-19(7-5-15)13-32-17(3)22(16(2)29-32)27-24(33)28-23-21(25)14-31(30-23)12-18-8-10-20(26)11-9-18/h4-11,14H,12-13H2,1-3H3,(H2,27,28,30,33). The molecule has 4 aromatic rings. The Bertz CT molecular complexity index is 1280. The lowest BCUT2D eigenvalue weighted by molar-refractivity contribution is 0.624. The quantitative estimate of drug-likeness (QED) is 0.310. The van der Waals surface area contributed by atoms with Gasteiger partial charge in [0.1, 0.15) is 5.82 Å². The van der Waals surface area contributed by atoms with E-state index < -0.39 is 0 Å². The zero-order chi connectivity index (χ0) is 23.5. The molecule has 2 aromatic heterocycles. The summed E-state index contributed by atoms with van der Waals surface area (Å²) in [5.41, 5.74) is 6.11. The second-order valence-electron chi connectivity index (χ2n) is 7.92. The molecule has 0 saturated carbocycles. The SMILES string of the molecule is Cc1ccc(Cn2nc(C)c(NC(=S)Nc3nn(Cc4ccc(F)cc4)cc3Br)c2C)cc1. The van der Waals surface area contributed by atoms with Crippen molar-refractivity contribution in [2.75, 3.05) is 10.6 Å². The van der Waals surface area contributed by atoms with Crippen molar-refractivity contribution in [2.45, 2.75) is 33.9 Å². The summed E-state index contributed by atoms with van der Waals surface area (Å²) in [6.45, 7) is 7.26. The van der Waals surface area contributed by atoms with Crippen LogP contribution >= 0.6 is 28.1 Å². The van der Waals surface area contributed by atoms with Gasteiger partial charge in [-0.05, 0) is 72.2 Å². The van der Waals surface area contributed by atoms with E-state index in [4.69, 9.17) is 12.2 Å². The molecule has 33 heavy (non-hydrogen) atoms. The van der Waals surface area contributed by atoms with Gasteiger partial charge in [0.15, 0.2) is 10.9 Å². The fourth-order valence-corrected chi connectivity index (χ4v) is 4.10. The monoisotopic (exact) mass is 526 g/mol. The van der Waals surface area contributed by atoms with E-state index in [2.05, 4.69) is 68.0 Å². The molecule has 0 atom stereocenters. The fraction of sp³-hybridized carbons (Fsp3) is 0.208. The molecule has 4 rings (SSSR count). The smallest absolute Gasteiger partial charge is 0.176 e. The molecule has 6 nitrogen and oxygen atoms in total. The van der Waals surface area contributed by atoms with E-state index in [-0.39, 0.29) is 5.82 Å². The van der Waals surface area contributed by atoms with Gasteiger partial charge in [-0.15, -0.1) is 0 Å². The normalized spacial score (nSPS) is 10.9. The van der Waals surface area contributed by atoms with Gasteiger partial charge in [-0.2, -0.15) is 10.2 Å². The Hall–Kier alpha value is -3.04. The Kier molecular flexibility index (Phi) is 6.90. The van der Waals surface area contributed by atoms with E-state index in [1.807, 2.05) is 24.7 Å². The van der Waals surface area contributed by atoms with Gasteiger partial charge in [-0.1, -0.05) is 42.0 Å². The average molecular weight is 527 g/mol. The molecule has 9 heteroatoms. The molecule has 0 unspecified atom stereocenters. The van der Waals surface area contributed by atoms with Crippen LogP contribution in [0.1, 0.15) is 28.1 Å². The van der Waals surface area contributed by atoms with E-state index in [0.717, 1.165) is 27.1 Å². The third-order valence-corrected chi connectivity index (χ3v) is 6.06. The highest BCUT2D eigenvalue weighted by Gasteiger charge is 2.15. The maximum absolute atomic E-state index is 13.1. The van der Waals surface area contributed by atoms with Gasteiger partial charge < -0.3 is 10.6 Å². The van der Waals surface area contributed by atoms with Crippen LogP contribution in [-0.4, -0.2) is 24.7 Å². The number of aromatic nitrogens is 4. The minimum absolute atomic E-state index is 0.257. The Balaban J connectivity index is 1.42. The van der Waals surface area contributed by atoms with Crippen LogP contribution in [0.5, 0.6) is 0 Å². The molecule has 0 spiro atoms. The summed E-state index contributed by atoms with van der Waals surface area (Å²) in [6.07, 6.45) is 1.85. The highest BCUT2D eigenvalue weighted by molar-refractivity contribution is 9.10. The highest BCUT2D eigenvalue weighted by Crippen LogP contribution is 2.24. The maximum Gasteiger partial charge on any atom is 0.176 e. The first-order chi connectivity index (χ1) is 15.8. The van der Waals surface area contributed by atoms with E-state index in [1.54, 1.807) is 16.8 Å². The first-order valence-electron chi connectivity index (χ1n) is 10.4. The van der Waals surface area contributed by atoms with Gasteiger partial charge in [0.05, 0.1) is 34.6 Å². The molecule has 0 bridgehead atoms. The number of halogens is 2. The van der Waals surface area contributed by atoms with Gasteiger partial charge in [0.2, 0.25) is 0 Å². The van der Waals surface area contributed by atoms with E-state index in [1.165, 1.54) is 23.3 Å². The van der Waals surface area contributed by atoms with Crippen molar-refractivity contribution in [3.63, 3.8) is 0 Å². The third kappa shape index (κ3) is 5.66. The summed E-state index contributed by atoms with van der Waals surface area (Å²) in [5, 5.41) is 16.0. The summed E-state index contributed by atoms with van der Waals surface area (Å²) in [4.78, 5) is 0. The lowest BCUT2D eigenvalue weighted by Crippen LogP contribution is -2.20. The predicted molar refractivity (Wildman–Crippen MR) is 137 cm³/mol. The van der Waals surface area contributed by atoms with Crippen LogP contribution in [0, 0.1) is 26.6 Å². The summed E-state index contributed by atoms with van der Waals surface area (Å²) in [6, 6.07) is 14.8. The lowest BCUT2D eigenvalue weighted by atomic mass is 10.1. The molecule has 0 radical (unpaired) electrons. The van der Waals surface area contributed by atoms with Crippen LogP contribution in [0.25, 0.3) is 0 Å². The second kappa shape index (κ2) is 9.84. The predicted octanol–water partition coefficient (Wildman–Crippen LogP) is 5.81. The van der Waals surface area contributed by atoms with Crippen LogP contribution < -0.4 is 10.6 Å². The molecule has 0 amide bonds. The third-order valence-electron chi connectivity index (χ3n) is 5.28. The second-order valence-corrected chi connectivity index (χ2v) is 9.18. The van der Waals surface area contributed by atoms with Gasteiger partial charge in [-0.3, -0.25) is 9.36 Å². The minimum atomic E-state index is -0.257. The first-order valence-corrected chi connectivity index (χ1v) is 11.6. The molecule has 170 valence electrons. The van der Waals surface area contributed by atoms with Crippen molar-refractivity contribution in [1.82, 2.24) is 19.6 Å². The molecule has 2 heterocycles. The minimum Gasteiger partial charge on any atom is -0.329 e. The van der Waals surface area contributed by atoms with Crippen molar-refractivity contribution in [2.24, 2.45) is 0 Å². The number of hydrogen-bond donors (Lipinski definition) is 2. The fourth-order valence-electron chi connectivity index (χ4n) is 3.49. The number of nitrogens with zero attached hydrogens (tertiary/aromatic N) is 4. The zero-order valence-corrected chi connectivity index (χ0v) is 21.0. The highest BCUT2D eigenvalue weighted by atomic mass is 79.9. The Labute approximate surface area is 205 Å². The lowest BCUT2D eigenvalue weighted by Gasteiger charge is -2.10. The van der Waals surface area contributed by atoms with Crippen molar-refractivity contribution >= 4 is 44.8 Å². The van der Waals surface area contributed by atoms with E-state index in [9.17, 15) is 4.39 Å². The Morgan fingerprint density at radius 2 is 1.58 bits per heavy atom. The number of anilines is 2. The molecule has 2 N–H and O–H groups in total. The largest absolute Gasteiger partial charge is 0.329 e. The van der Waals surface area contributed by atoms with Gasteiger partial charge in [0, 0.05) is 6.20 Å². The van der Waals surface area contributed by atoms with Gasteiger partial charge in [0.25, 0.3) is 0 Å². The number of hydrogen-bond acceptors (Lipinski definition) is 3. The molecular weight excluding hydrogens is 503 g/mol. The van der Waals surface area contributed by atoms with Crippen LogP contribution in [0.4, 0.5) is 15.9 Å². The van der Waals surface area contributed by atoms with Crippen molar-refractivity contribution < 1.29 is 4.39 Å². The van der Waals surface area contributed by atoms with Crippen LogP contribution in [0.15, 0.2) is 59.2 Å². The topological polar surface area (TPSA) is 59.7 Å². The maximum atomic E-state index is 13.1. The molecule has 0 fully saturated rings. The zero-order valence-electron chi connectivity index (χ0n) is 18.6. The average Bonchev–Trinajstić information content (AvgIpc) is 3.24. The van der Waals surface area contributed by atoms with E-state index in [0.29, 0.717) is 24.0 Å². The number of rotatable bonds is 6. The number of thiocarbonyl (C=S) groups is 1. The first kappa shape index (κ1) is 23.1. The summed E-state index contributed by atoms with van der Waals surface area (Å²) in [5.74, 6) is 0.337. The Morgan fingerprint density at radius 3 is 2.27 bits per heavy atom. The number of benzene rings is 2. The van der Waals surface area contributed by atoms with Crippen LogP contribution in [0.3, 0.4) is 0 Å². The molecular formula is C24H24BrFN6S. The van der Waals surface area contributed by atoms with Crippen molar-refractivity contribution in [1.29, 1.82) is 0 Å². The Morgan fingerprint density at radius 1 is 0.939 bits per heavy atom. The van der Waals surface area contributed by atoms with Crippen molar-refractivity contribution in [3.05, 3.63) is 93.1 Å². The van der Waals surface area contributed by atoms with E-state index >= 15 is 0 Å². The summed E-state index contributed by atoms with van der Waals surface area (Å²) in [7, 11) is 0. The summed E-state index contributed by atoms with van der Waals surface area (Å²) < 4.78 is 17.6. The number of aryl methyl sites for hydroxylation is 2. The van der Waals surface area contributed by atoms with Crippen LogP contribution in [-0.2, 0) is 13.1 Å². The molecule has 2 aromatic carbocycles.